The third kappa shape index (κ3) is 2.68. The number of carboxylic acids is 1. The molecular formula is C11H16N2O2. The van der Waals surface area contributed by atoms with Crippen molar-refractivity contribution in [2.45, 2.75) is 26.3 Å². The average molecular weight is 208 g/mol. The van der Waals surface area contributed by atoms with Gasteiger partial charge in [0.2, 0.25) is 0 Å². The highest BCUT2D eigenvalue weighted by molar-refractivity contribution is 5.77. The van der Waals surface area contributed by atoms with Crippen LogP contribution >= 0.6 is 0 Å². The van der Waals surface area contributed by atoms with Crippen molar-refractivity contribution in [1.29, 1.82) is 0 Å². The summed E-state index contributed by atoms with van der Waals surface area (Å²) in [4.78, 5) is 16.7. The maximum absolute atomic E-state index is 10.8. The van der Waals surface area contributed by atoms with E-state index < -0.39 is 12.0 Å². The molecule has 0 aliphatic carbocycles. The van der Waals surface area contributed by atoms with Crippen LogP contribution < -0.4 is 4.90 Å². The summed E-state index contributed by atoms with van der Waals surface area (Å²) in [6.07, 6.45) is 2.56. The predicted octanol–water partition coefficient (Wildman–Crippen LogP) is 1.55. The second kappa shape index (κ2) is 4.77. The molecule has 1 unspecified atom stereocenters. The molecule has 0 aliphatic rings. The Labute approximate surface area is 89.6 Å². The van der Waals surface area contributed by atoms with Crippen molar-refractivity contribution < 1.29 is 9.90 Å². The number of hydrogen-bond acceptors (Lipinski definition) is 3. The van der Waals surface area contributed by atoms with Gasteiger partial charge in [-0.3, -0.25) is 4.98 Å². The Bertz CT molecular complexity index is 352. The number of anilines is 1. The first-order valence-electron chi connectivity index (χ1n) is 4.96. The molecule has 0 spiro atoms. The molecular weight excluding hydrogens is 192 g/mol. The number of aryl methyl sites for hydroxylation is 1. The summed E-state index contributed by atoms with van der Waals surface area (Å²) in [5.41, 5.74) is 1.86. The van der Waals surface area contributed by atoms with Crippen LogP contribution in [0.2, 0.25) is 0 Å². The van der Waals surface area contributed by atoms with Gasteiger partial charge in [-0.15, -0.1) is 0 Å². The van der Waals surface area contributed by atoms with Gasteiger partial charge in [-0.05, 0) is 25.5 Å². The smallest absolute Gasteiger partial charge is 0.326 e. The monoisotopic (exact) mass is 208 g/mol. The van der Waals surface area contributed by atoms with Crippen molar-refractivity contribution in [3.63, 3.8) is 0 Å². The molecule has 0 saturated heterocycles. The fourth-order valence-corrected chi connectivity index (χ4v) is 1.27. The third-order valence-corrected chi connectivity index (χ3v) is 2.51. The van der Waals surface area contributed by atoms with Crippen molar-refractivity contribution >= 4 is 11.7 Å². The van der Waals surface area contributed by atoms with Gasteiger partial charge in [0.05, 0.1) is 0 Å². The van der Waals surface area contributed by atoms with Gasteiger partial charge in [-0.1, -0.05) is 6.92 Å². The zero-order chi connectivity index (χ0) is 11.4. The van der Waals surface area contributed by atoms with Crippen LogP contribution in [0.3, 0.4) is 0 Å². The maximum atomic E-state index is 10.8. The highest BCUT2D eigenvalue weighted by atomic mass is 16.4. The van der Waals surface area contributed by atoms with E-state index in [0.29, 0.717) is 0 Å². The van der Waals surface area contributed by atoms with E-state index in [4.69, 9.17) is 5.11 Å². The second-order valence-corrected chi connectivity index (χ2v) is 3.48. The number of hydrogen-bond donors (Lipinski definition) is 1. The van der Waals surface area contributed by atoms with Gasteiger partial charge in [0, 0.05) is 24.6 Å². The SMILES string of the molecule is CCc1cc(N(C)C(C)C(=O)O)ccn1. The van der Waals surface area contributed by atoms with Gasteiger partial charge < -0.3 is 10.0 Å². The van der Waals surface area contributed by atoms with Gasteiger partial charge in [-0.25, -0.2) is 4.79 Å². The zero-order valence-corrected chi connectivity index (χ0v) is 9.27. The molecule has 0 aliphatic heterocycles. The average Bonchev–Trinajstić information content (AvgIpc) is 2.27. The third-order valence-electron chi connectivity index (χ3n) is 2.51. The number of carboxylic acid groups (broad SMARTS) is 1. The first-order valence-corrected chi connectivity index (χ1v) is 4.96. The standard InChI is InChI=1S/C11H16N2O2/c1-4-9-7-10(5-6-12-9)13(3)8(2)11(14)15/h5-8H,4H2,1-3H3,(H,14,15). The first-order chi connectivity index (χ1) is 7.06. The van der Waals surface area contributed by atoms with Crippen molar-refractivity contribution in [2.24, 2.45) is 0 Å². The van der Waals surface area contributed by atoms with E-state index in [2.05, 4.69) is 4.98 Å². The van der Waals surface area contributed by atoms with Crippen molar-refractivity contribution in [1.82, 2.24) is 4.98 Å². The number of aromatic nitrogens is 1. The maximum Gasteiger partial charge on any atom is 0.326 e. The Hall–Kier alpha value is -1.58. The number of carbonyl (C=O) groups is 1. The number of nitrogens with zero attached hydrogens (tertiary/aromatic N) is 2. The molecule has 1 N–H and O–H groups in total. The summed E-state index contributed by atoms with van der Waals surface area (Å²) in [5.74, 6) is -0.827. The van der Waals surface area contributed by atoms with Crippen molar-refractivity contribution in [3.8, 4) is 0 Å². The molecule has 0 fully saturated rings. The Balaban J connectivity index is 2.90. The molecule has 0 bridgehead atoms. The van der Waals surface area contributed by atoms with Crippen LogP contribution in [0.4, 0.5) is 5.69 Å². The molecule has 15 heavy (non-hydrogen) atoms. The van der Waals surface area contributed by atoms with E-state index >= 15 is 0 Å². The molecule has 1 heterocycles. The molecule has 1 aromatic rings. The highest BCUT2D eigenvalue weighted by Gasteiger charge is 2.17. The van der Waals surface area contributed by atoms with Crippen LogP contribution in [-0.2, 0) is 11.2 Å². The zero-order valence-electron chi connectivity index (χ0n) is 9.27. The lowest BCUT2D eigenvalue weighted by Crippen LogP contribution is -2.35. The molecule has 82 valence electrons. The molecule has 0 amide bonds. The van der Waals surface area contributed by atoms with Crippen LogP contribution in [-0.4, -0.2) is 29.1 Å². The van der Waals surface area contributed by atoms with Gasteiger partial charge in [0.15, 0.2) is 0 Å². The van der Waals surface area contributed by atoms with Gasteiger partial charge in [0.1, 0.15) is 6.04 Å². The minimum absolute atomic E-state index is 0.530. The quantitative estimate of drug-likeness (QED) is 0.815. The van der Waals surface area contributed by atoms with Crippen LogP contribution in [0.1, 0.15) is 19.5 Å². The molecule has 4 heteroatoms. The summed E-state index contributed by atoms with van der Waals surface area (Å²) in [6.45, 7) is 3.68. The lowest BCUT2D eigenvalue weighted by molar-refractivity contribution is -0.138. The number of pyridine rings is 1. The fraction of sp³-hybridized carbons (Fsp3) is 0.455. The summed E-state index contributed by atoms with van der Waals surface area (Å²) in [6, 6.07) is 3.20. The van der Waals surface area contributed by atoms with Crippen LogP contribution in [0.5, 0.6) is 0 Å². The van der Waals surface area contributed by atoms with E-state index in [1.165, 1.54) is 0 Å². The van der Waals surface area contributed by atoms with E-state index in [9.17, 15) is 4.79 Å². The molecule has 1 atom stereocenters. The van der Waals surface area contributed by atoms with E-state index in [1.54, 1.807) is 25.1 Å². The number of likely N-dealkylation sites (N-methyl/N-ethyl adjacent to an activating group) is 1. The second-order valence-electron chi connectivity index (χ2n) is 3.48. The Kier molecular flexibility index (Phi) is 3.66. The lowest BCUT2D eigenvalue weighted by Gasteiger charge is -2.23. The highest BCUT2D eigenvalue weighted by Crippen LogP contribution is 2.15. The molecule has 0 radical (unpaired) electrons. The Morgan fingerprint density at radius 2 is 2.33 bits per heavy atom. The number of aliphatic carboxylic acids is 1. The normalized spacial score (nSPS) is 12.2. The summed E-state index contributed by atoms with van der Waals surface area (Å²) >= 11 is 0. The van der Waals surface area contributed by atoms with Crippen LogP contribution in [0, 0.1) is 0 Å². The van der Waals surface area contributed by atoms with Gasteiger partial charge in [-0.2, -0.15) is 0 Å². The van der Waals surface area contributed by atoms with Crippen LogP contribution in [0.25, 0.3) is 0 Å². The first kappa shape index (κ1) is 11.5. The van der Waals surface area contributed by atoms with Gasteiger partial charge in [0.25, 0.3) is 0 Å². The van der Waals surface area contributed by atoms with E-state index in [-0.39, 0.29) is 0 Å². The molecule has 0 aromatic carbocycles. The molecule has 1 rings (SSSR count). The minimum Gasteiger partial charge on any atom is -0.480 e. The van der Waals surface area contributed by atoms with Gasteiger partial charge >= 0.3 is 5.97 Å². The predicted molar refractivity (Wildman–Crippen MR) is 59.1 cm³/mol. The van der Waals surface area contributed by atoms with Crippen molar-refractivity contribution in [2.75, 3.05) is 11.9 Å². The summed E-state index contributed by atoms with van der Waals surface area (Å²) in [7, 11) is 1.77. The van der Waals surface area contributed by atoms with Crippen LogP contribution in [0.15, 0.2) is 18.3 Å². The Morgan fingerprint density at radius 1 is 1.67 bits per heavy atom. The lowest BCUT2D eigenvalue weighted by atomic mass is 10.2. The molecule has 1 aromatic heterocycles. The Morgan fingerprint density at radius 3 is 2.87 bits per heavy atom. The molecule has 4 nitrogen and oxygen atoms in total. The summed E-state index contributed by atoms with van der Waals surface area (Å²) in [5, 5.41) is 8.88. The number of rotatable bonds is 4. The topological polar surface area (TPSA) is 53.4 Å². The van der Waals surface area contributed by atoms with Crippen molar-refractivity contribution in [3.05, 3.63) is 24.0 Å². The van der Waals surface area contributed by atoms with E-state index in [0.717, 1.165) is 17.8 Å². The molecule has 0 saturated carbocycles. The summed E-state index contributed by atoms with van der Waals surface area (Å²) < 4.78 is 0. The fourth-order valence-electron chi connectivity index (χ4n) is 1.27. The largest absolute Gasteiger partial charge is 0.480 e. The van der Waals surface area contributed by atoms with E-state index in [1.807, 2.05) is 19.1 Å². The minimum atomic E-state index is -0.827.